The normalized spacial score (nSPS) is 9.91. The van der Waals surface area contributed by atoms with Crippen molar-refractivity contribution < 1.29 is 19.1 Å². The van der Waals surface area contributed by atoms with Gasteiger partial charge >= 0.3 is 11.9 Å². The molecule has 0 saturated heterocycles. The molecular formula is C18H16O4. The lowest BCUT2D eigenvalue weighted by molar-refractivity contribution is -0.132. The maximum atomic E-state index is 11.7. The van der Waals surface area contributed by atoms with E-state index < -0.39 is 5.97 Å². The Balaban J connectivity index is 2.38. The first-order valence-electron chi connectivity index (χ1n) is 6.73. The monoisotopic (exact) mass is 296 g/mol. The minimum Gasteiger partial charge on any atom is -0.427 e. The van der Waals surface area contributed by atoms with Crippen LogP contribution in [0.2, 0.25) is 0 Å². The minimum atomic E-state index is -0.483. The van der Waals surface area contributed by atoms with Gasteiger partial charge in [-0.15, -0.1) is 0 Å². The van der Waals surface area contributed by atoms with E-state index in [1.807, 2.05) is 18.2 Å². The molecule has 0 aromatic heterocycles. The molecule has 0 saturated carbocycles. The predicted octanol–water partition coefficient (Wildman–Crippen LogP) is 3.76. The zero-order valence-corrected chi connectivity index (χ0v) is 12.5. The molecule has 0 heterocycles. The summed E-state index contributed by atoms with van der Waals surface area (Å²) in [5.74, 6) is -0.00996. The van der Waals surface area contributed by atoms with Crippen LogP contribution in [0.15, 0.2) is 60.7 Å². The highest BCUT2D eigenvalue weighted by molar-refractivity contribution is 5.90. The molecule has 22 heavy (non-hydrogen) atoms. The van der Waals surface area contributed by atoms with Gasteiger partial charge in [0.15, 0.2) is 0 Å². The highest BCUT2D eigenvalue weighted by Gasteiger charge is 2.11. The van der Waals surface area contributed by atoms with Crippen molar-refractivity contribution in [1.82, 2.24) is 0 Å². The second-order valence-corrected chi connectivity index (χ2v) is 4.79. The van der Waals surface area contributed by atoms with Gasteiger partial charge in [0.05, 0.1) is 0 Å². The van der Waals surface area contributed by atoms with Gasteiger partial charge in [-0.2, -0.15) is 0 Å². The third-order valence-electron chi connectivity index (χ3n) is 2.84. The highest BCUT2D eigenvalue weighted by Crippen LogP contribution is 2.32. The van der Waals surface area contributed by atoms with Crippen LogP contribution in [0.25, 0.3) is 11.1 Å². The standard InChI is InChI=1S/C18H16O4/c1-12(2)18(20)22-17-10-5-4-9-16(17)14-7-6-8-15(11-14)21-13(3)19/h4-11H,1H2,2-3H3. The second-order valence-electron chi connectivity index (χ2n) is 4.79. The molecule has 0 unspecified atom stereocenters. The number of ether oxygens (including phenoxy) is 2. The summed E-state index contributed by atoms with van der Waals surface area (Å²) in [6.07, 6.45) is 0. The fourth-order valence-electron chi connectivity index (χ4n) is 1.87. The number of carbonyl (C=O) groups is 2. The van der Waals surface area contributed by atoms with Gasteiger partial charge in [0, 0.05) is 18.1 Å². The lowest BCUT2D eigenvalue weighted by Gasteiger charge is -2.11. The summed E-state index contributed by atoms with van der Waals surface area (Å²) in [7, 11) is 0. The van der Waals surface area contributed by atoms with Crippen LogP contribution in [-0.4, -0.2) is 11.9 Å². The molecule has 0 fully saturated rings. The zero-order valence-electron chi connectivity index (χ0n) is 12.5. The van der Waals surface area contributed by atoms with E-state index in [1.165, 1.54) is 6.92 Å². The summed E-state index contributed by atoms with van der Waals surface area (Å²) in [4.78, 5) is 22.8. The number of rotatable bonds is 4. The topological polar surface area (TPSA) is 52.6 Å². The number of carbonyl (C=O) groups excluding carboxylic acids is 2. The van der Waals surface area contributed by atoms with Crippen LogP contribution in [0.4, 0.5) is 0 Å². The zero-order chi connectivity index (χ0) is 16.1. The molecule has 2 aromatic rings. The predicted molar refractivity (Wildman–Crippen MR) is 83.6 cm³/mol. The molecule has 112 valence electrons. The van der Waals surface area contributed by atoms with Crippen molar-refractivity contribution >= 4 is 11.9 Å². The second kappa shape index (κ2) is 6.72. The average molecular weight is 296 g/mol. The molecule has 0 amide bonds. The lowest BCUT2D eigenvalue weighted by Crippen LogP contribution is -2.08. The van der Waals surface area contributed by atoms with E-state index >= 15 is 0 Å². The Kier molecular flexibility index (Phi) is 4.73. The fourth-order valence-corrected chi connectivity index (χ4v) is 1.87. The van der Waals surface area contributed by atoms with Crippen molar-refractivity contribution in [2.45, 2.75) is 13.8 Å². The number of para-hydroxylation sites is 1. The molecule has 0 aliphatic heterocycles. The first kappa shape index (κ1) is 15.5. The number of hydrogen-bond acceptors (Lipinski definition) is 4. The molecule has 4 nitrogen and oxygen atoms in total. The van der Waals surface area contributed by atoms with Gasteiger partial charge in [-0.3, -0.25) is 4.79 Å². The van der Waals surface area contributed by atoms with E-state index in [9.17, 15) is 9.59 Å². The first-order valence-corrected chi connectivity index (χ1v) is 6.73. The Morgan fingerprint density at radius 1 is 0.955 bits per heavy atom. The van der Waals surface area contributed by atoms with Crippen molar-refractivity contribution in [1.29, 1.82) is 0 Å². The molecule has 0 aliphatic rings. The van der Waals surface area contributed by atoms with Crippen molar-refractivity contribution in [2.24, 2.45) is 0 Å². The fraction of sp³-hybridized carbons (Fsp3) is 0.111. The van der Waals surface area contributed by atoms with Crippen molar-refractivity contribution in [3.05, 3.63) is 60.7 Å². The van der Waals surface area contributed by atoms with E-state index in [-0.39, 0.29) is 5.97 Å². The highest BCUT2D eigenvalue weighted by atomic mass is 16.5. The summed E-state index contributed by atoms with van der Waals surface area (Å²) in [5, 5.41) is 0. The van der Waals surface area contributed by atoms with Crippen LogP contribution in [-0.2, 0) is 9.59 Å². The van der Waals surface area contributed by atoms with Crippen molar-refractivity contribution in [2.75, 3.05) is 0 Å². The van der Waals surface area contributed by atoms with Crippen LogP contribution >= 0.6 is 0 Å². The molecule has 0 aliphatic carbocycles. The number of esters is 2. The minimum absolute atomic E-state index is 0.323. The number of benzene rings is 2. The van der Waals surface area contributed by atoms with Gasteiger partial charge in [-0.1, -0.05) is 36.9 Å². The summed E-state index contributed by atoms with van der Waals surface area (Å²) in [6.45, 7) is 6.50. The van der Waals surface area contributed by atoms with Crippen LogP contribution in [0.3, 0.4) is 0 Å². The van der Waals surface area contributed by atoms with Gasteiger partial charge < -0.3 is 9.47 Å². The van der Waals surface area contributed by atoms with Crippen LogP contribution in [0.5, 0.6) is 11.5 Å². The molecule has 0 N–H and O–H groups in total. The van der Waals surface area contributed by atoms with Crippen LogP contribution < -0.4 is 9.47 Å². The Morgan fingerprint density at radius 3 is 2.36 bits per heavy atom. The Hall–Kier alpha value is -2.88. The lowest BCUT2D eigenvalue weighted by atomic mass is 10.0. The van der Waals surface area contributed by atoms with Crippen LogP contribution in [0, 0.1) is 0 Å². The third kappa shape index (κ3) is 3.82. The van der Waals surface area contributed by atoms with Crippen molar-refractivity contribution in [3.8, 4) is 22.6 Å². The smallest absolute Gasteiger partial charge is 0.338 e. The van der Waals surface area contributed by atoms with E-state index in [4.69, 9.17) is 9.47 Å². The van der Waals surface area contributed by atoms with E-state index in [1.54, 1.807) is 37.3 Å². The van der Waals surface area contributed by atoms with Gasteiger partial charge in [0.2, 0.25) is 0 Å². The van der Waals surface area contributed by atoms with E-state index in [0.717, 1.165) is 11.1 Å². The Morgan fingerprint density at radius 2 is 1.68 bits per heavy atom. The Labute approximate surface area is 129 Å². The largest absolute Gasteiger partial charge is 0.427 e. The van der Waals surface area contributed by atoms with Crippen LogP contribution in [0.1, 0.15) is 13.8 Å². The molecule has 0 bridgehead atoms. The molecule has 2 aromatic carbocycles. The van der Waals surface area contributed by atoms with Crippen molar-refractivity contribution in [3.63, 3.8) is 0 Å². The molecule has 0 spiro atoms. The van der Waals surface area contributed by atoms with Gasteiger partial charge in [0.1, 0.15) is 11.5 Å². The third-order valence-corrected chi connectivity index (χ3v) is 2.84. The summed E-state index contributed by atoms with van der Waals surface area (Å²) in [6, 6.07) is 14.2. The van der Waals surface area contributed by atoms with E-state index in [2.05, 4.69) is 6.58 Å². The first-order chi connectivity index (χ1) is 10.5. The van der Waals surface area contributed by atoms with Gasteiger partial charge in [-0.05, 0) is 30.7 Å². The average Bonchev–Trinajstić information content (AvgIpc) is 2.47. The molecule has 0 atom stereocenters. The van der Waals surface area contributed by atoms with Gasteiger partial charge in [-0.25, -0.2) is 4.79 Å². The van der Waals surface area contributed by atoms with Gasteiger partial charge in [0.25, 0.3) is 0 Å². The maximum Gasteiger partial charge on any atom is 0.338 e. The Bertz CT molecular complexity index is 731. The molecular weight excluding hydrogens is 280 g/mol. The molecule has 2 rings (SSSR count). The summed E-state index contributed by atoms with van der Waals surface area (Å²) in [5.41, 5.74) is 1.83. The quantitative estimate of drug-likeness (QED) is 0.490. The maximum absolute atomic E-state index is 11.7. The molecule has 4 heteroatoms. The molecule has 0 radical (unpaired) electrons. The van der Waals surface area contributed by atoms with E-state index in [0.29, 0.717) is 17.1 Å². The number of hydrogen-bond donors (Lipinski definition) is 0. The SMILES string of the molecule is C=C(C)C(=O)Oc1ccccc1-c1cccc(OC(C)=O)c1. The summed E-state index contributed by atoms with van der Waals surface area (Å²) < 4.78 is 10.4. The summed E-state index contributed by atoms with van der Waals surface area (Å²) >= 11 is 0.